The van der Waals surface area contributed by atoms with Crippen molar-refractivity contribution in [2.75, 3.05) is 0 Å². The highest BCUT2D eigenvalue weighted by atomic mass is 79.9. The molecule has 1 heterocycles. The molecule has 16 heavy (non-hydrogen) atoms. The number of hydrogen-bond acceptors (Lipinski definition) is 3. The molecule has 0 aromatic carbocycles. The Balaban J connectivity index is 2.86. The Kier molecular flexibility index (Phi) is 5.08. The number of aryl methyl sites for hydroxylation is 1. The maximum atomic E-state index is 6.04. The number of hydrogen-bond donors (Lipinski definition) is 0. The Morgan fingerprint density at radius 2 is 1.94 bits per heavy atom. The third-order valence-corrected chi connectivity index (χ3v) is 4.50. The fourth-order valence-electron chi connectivity index (χ4n) is 1.09. The van der Waals surface area contributed by atoms with Gasteiger partial charge in [-0.1, -0.05) is 39.3 Å². The van der Waals surface area contributed by atoms with Gasteiger partial charge in [0, 0.05) is 4.75 Å². The van der Waals surface area contributed by atoms with E-state index in [1.165, 1.54) is 0 Å². The number of thioether (sulfide) groups is 1. The summed E-state index contributed by atoms with van der Waals surface area (Å²) in [5, 5.41) is 0.511. The van der Waals surface area contributed by atoms with E-state index < -0.39 is 0 Å². The third kappa shape index (κ3) is 4.22. The Morgan fingerprint density at radius 3 is 2.44 bits per heavy atom. The predicted molar refractivity (Wildman–Crippen MR) is 75.2 cm³/mol. The highest BCUT2D eigenvalue weighted by molar-refractivity contribution is 9.10. The molecule has 0 spiro atoms. The second-order valence-electron chi connectivity index (χ2n) is 4.45. The number of aromatic nitrogens is 2. The van der Waals surface area contributed by atoms with Crippen molar-refractivity contribution in [2.45, 2.75) is 44.6 Å². The summed E-state index contributed by atoms with van der Waals surface area (Å²) in [6.45, 7) is 8.60. The minimum absolute atomic E-state index is 0.218. The van der Waals surface area contributed by atoms with Crippen LogP contribution in [-0.4, -0.2) is 14.7 Å². The van der Waals surface area contributed by atoms with Gasteiger partial charge in [0.2, 0.25) is 0 Å². The van der Waals surface area contributed by atoms with Gasteiger partial charge in [-0.3, -0.25) is 0 Å². The molecular weight excluding hydrogens is 308 g/mol. The van der Waals surface area contributed by atoms with Crippen molar-refractivity contribution in [1.82, 2.24) is 9.97 Å². The van der Waals surface area contributed by atoms with Crippen LogP contribution in [0.2, 0.25) is 5.15 Å². The van der Waals surface area contributed by atoms with E-state index in [1.807, 2.05) is 11.8 Å². The van der Waals surface area contributed by atoms with Crippen LogP contribution in [0.5, 0.6) is 0 Å². The van der Waals surface area contributed by atoms with Gasteiger partial charge in [0.25, 0.3) is 0 Å². The summed E-state index contributed by atoms with van der Waals surface area (Å²) in [7, 11) is 0. The first-order valence-corrected chi connectivity index (χ1v) is 7.34. The quantitative estimate of drug-likeness (QED) is 0.767. The van der Waals surface area contributed by atoms with Gasteiger partial charge in [-0.25, -0.2) is 9.97 Å². The maximum Gasteiger partial charge on any atom is 0.147 e. The summed E-state index contributed by atoms with van der Waals surface area (Å²) in [6.07, 6.45) is 0.857. The lowest BCUT2D eigenvalue weighted by Crippen LogP contribution is -2.09. The molecule has 0 unspecified atom stereocenters. The van der Waals surface area contributed by atoms with E-state index in [0.29, 0.717) is 5.15 Å². The zero-order chi connectivity index (χ0) is 12.3. The molecule has 0 fully saturated rings. The maximum absolute atomic E-state index is 6.04. The first kappa shape index (κ1) is 14.3. The lowest BCUT2D eigenvalue weighted by Gasteiger charge is -2.17. The zero-order valence-electron chi connectivity index (χ0n) is 9.97. The van der Waals surface area contributed by atoms with Crippen LogP contribution >= 0.6 is 39.3 Å². The molecule has 0 radical (unpaired) electrons. The number of rotatable bonds is 3. The predicted octanol–water partition coefficient (Wildman–Crippen LogP) is 4.49. The van der Waals surface area contributed by atoms with E-state index >= 15 is 0 Å². The lowest BCUT2D eigenvalue weighted by atomic mass is 10.3. The molecule has 1 aromatic rings. The van der Waals surface area contributed by atoms with Crippen LogP contribution in [0.3, 0.4) is 0 Å². The lowest BCUT2D eigenvalue weighted by molar-refractivity contribution is 0.799. The van der Waals surface area contributed by atoms with Crippen molar-refractivity contribution in [3.05, 3.63) is 21.1 Å². The van der Waals surface area contributed by atoms with Crippen molar-refractivity contribution in [3.8, 4) is 0 Å². The van der Waals surface area contributed by atoms with Crippen LogP contribution in [0.25, 0.3) is 0 Å². The van der Waals surface area contributed by atoms with E-state index in [4.69, 9.17) is 11.6 Å². The first-order chi connectivity index (χ1) is 7.33. The molecule has 0 aliphatic heterocycles. The summed E-state index contributed by atoms with van der Waals surface area (Å²) in [6, 6.07) is 0. The monoisotopic (exact) mass is 322 g/mol. The summed E-state index contributed by atoms with van der Waals surface area (Å²) in [5.41, 5.74) is 0.976. The minimum Gasteiger partial charge on any atom is -0.236 e. The molecule has 0 amide bonds. The highest BCUT2D eigenvalue weighted by Crippen LogP contribution is 2.29. The van der Waals surface area contributed by atoms with Gasteiger partial charge >= 0.3 is 0 Å². The van der Waals surface area contributed by atoms with Crippen molar-refractivity contribution < 1.29 is 0 Å². The van der Waals surface area contributed by atoms with Crippen LogP contribution in [-0.2, 0) is 12.2 Å². The van der Waals surface area contributed by atoms with Crippen LogP contribution in [0.15, 0.2) is 4.47 Å². The van der Waals surface area contributed by atoms with E-state index in [0.717, 1.165) is 28.2 Å². The standard InChI is InChI=1S/C11H16BrClN2S/c1-5-7-9(12)10(13)15-8(14-7)6-16-11(2,3)4/h5-6H2,1-4H3. The van der Waals surface area contributed by atoms with Crippen molar-refractivity contribution >= 4 is 39.3 Å². The normalized spacial score (nSPS) is 11.9. The molecule has 5 heteroatoms. The summed E-state index contributed by atoms with van der Waals surface area (Å²) >= 11 is 11.3. The zero-order valence-corrected chi connectivity index (χ0v) is 13.1. The molecule has 0 aliphatic carbocycles. The molecule has 90 valence electrons. The summed E-state index contributed by atoms with van der Waals surface area (Å²) in [4.78, 5) is 8.76. The highest BCUT2D eigenvalue weighted by Gasteiger charge is 2.14. The summed E-state index contributed by atoms with van der Waals surface area (Å²) in [5.74, 6) is 1.61. The average Bonchev–Trinajstić information content (AvgIpc) is 2.18. The minimum atomic E-state index is 0.218. The van der Waals surface area contributed by atoms with Crippen LogP contribution in [0.4, 0.5) is 0 Å². The largest absolute Gasteiger partial charge is 0.236 e. The van der Waals surface area contributed by atoms with E-state index in [1.54, 1.807) is 0 Å². The van der Waals surface area contributed by atoms with Crippen LogP contribution < -0.4 is 0 Å². The molecule has 2 nitrogen and oxygen atoms in total. The Bertz CT molecular complexity index is 377. The van der Waals surface area contributed by atoms with Crippen molar-refractivity contribution in [1.29, 1.82) is 0 Å². The molecule has 0 saturated carbocycles. The van der Waals surface area contributed by atoms with Gasteiger partial charge in [-0.2, -0.15) is 0 Å². The van der Waals surface area contributed by atoms with E-state index in [2.05, 4.69) is 53.6 Å². The molecule has 0 bridgehead atoms. The molecule has 1 aromatic heterocycles. The third-order valence-electron chi connectivity index (χ3n) is 1.89. The Labute approximate surface area is 115 Å². The van der Waals surface area contributed by atoms with Gasteiger partial charge in [0.1, 0.15) is 11.0 Å². The number of halogens is 2. The second-order valence-corrected chi connectivity index (χ2v) is 7.40. The Hall–Kier alpha value is 0.200. The van der Waals surface area contributed by atoms with Crippen molar-refractivity contribution in [3.63, 3.8) is 0 Å². The van der Waals surface area contributed by atoms with Crippen LogP contribution in [0.1, 0.15) is 39.2 Å². The van der Waals surface area contributed by atoms with Gasteiger partial charge in [-0.05, 0) is 22.4 Å². The molecule has 0 N–H and O–H groups in total. The fourth-order valence-corrected chi connectivity index (χ4v) is 2.45. The Morgan fingerprint density at radius 1 is 1.31 bits per heavy atom. The molecule has 1 rings (SSSR count). The summed E-state index contributed by atoms with van der Waals surface area (Å²) < 4.78 is 1.04. The average molecular weight is 324 g/mol. The van der Waals surface area contributed by atoms with Gasteiger partial charge < -0.3 is 0 Å². The fraction of sp³-hybridized carbons (Fsp3) is 0.636. The molecule has 0 aliphatic rings. The van der Waals surface area contributed by atoms with Crippen molar-refractivity contribution in [2.24, 2.45) is 0 Å². The smallest absolute Gasteiger partial charge is 0.147 e. The van der Waals surface area contributed by atoms with Gasteiger partial charge in [-0.15, -0.1) is 11.8 Å². The van der Waals surface area contributed by atoms with Gasteiger partial charge in [0.05, 0.1) is 15.9 Å². The topological polar surface area (TPSA) is 25.8 Å². The first-order valence-electron chi connectivity index (χ1n) is 5.18. The van der Waals surface area contributed by atoms with Gasteiger partial charge in [0.15, 0.2) is 0 Å². The van der Waals surface area contributed by atoms with E-state index in [-0.39, 0.29) is 4.75 Å². The molecule has 0 atom stereocenters. The molecule has 0 saturated heterocycles. The second kappa shape index (κ2) is 5.69. The SMILES string of the molecule is CCc1nc(CSC(C)(C)C)nc(Cl)c1Br. The molecular formula is C11H16BrClN2S. The van der Waals surface area contributed by atoms with Crippen LogP contribution in [0, 0.1) is 0 Å². The number of nitrogens with zero attached hydrogens (tertiary/aromatic N) is 2. The van der Waals surface area contributed by atoms with E-state index in [9.17, 15) is 0 Å².